The van der Waals surface area contributed by atoms with Crippen LogP contribution in [0.3, 0.4) is 0 Å². The molecule has 3 rings (SSSR count). The Morgan fingerprint density at radius 2 is 1.96 bits per heavy atom. The molecule has 1 aromatic heterocycles. The summed E-state index contributed by atoms with van der Waals surface area (Å²) >= 11 is 0. The van der Waals surface area contributed by atoms with E-state index >= 15 is 0 Å². The highest BCUT2D eigenvalue weighted by Gasteiger charge is 2.14. The summed E-state index contributed by atoms with van der Waals surface area (Å²) < 4.78 is 16.1. The van der Waals surface area contributed by atoms with Crippen molar-refractivity contribution in [1.29, 1.82) is 0 Å². The number of carbonyl (C=O) groups is 1. The van der Waals surface area contributed by atoms with Gasteiger partial charge in [0.25, 0.3) is 0 Å². The van der Waals surface area contributed by atoms with Gasteiger partial charge in [-0.1, -0.05) is 6.07 Å². The van der Waals surface area contributed by atoms with E-state index < -0.39 is 5.97 Å². The van der Waals surface area contributed by atoms with E-state index in [0.717, 1.165) is 5.56 Å². The van der Waals surface area contributed by atoms with Crippen LogP contribution in [0.25, 0.3) is 22.7 Å². The molecule has 24 heavy (non-hydrogen) atoms. The number of rotatable bonds is 5. The van der Waals surface area contributed by atoms with Crippen LogP contribution in [0.4, 0.5) is 0 Å². The third-order valence-corrected chi connectivity index (χ3v) is 3.54. The summed E-state index contributed by atoms with van der Waals surface area (Å²) in [5.41, 5.74) is 2.05. The Morgan fingerprint density at radius 3 is 2.67 bits per heavy atom. The van der Waals surface area contributed by atoms with Crippen LogP contribution in [0.2, 0.25) is 0 Å². The van der Waals surface area contributed by atoms with E-state index in [1.165, 1.54) is 18.4 Å². The molecule has 6 heteroatoms. The normalized spacial score (nSPS) is 10.4. The highest BCUT2D eigenvalue weighted by atomic mass is 16.5. The molecular weight excluding hydrogens is 310 g/mol. The Balaban J connectivity index is 2.02. The minimum atomic E-state index is -1.00. The maximum Gasteiger partial charge on any atom is 0.335 e. The summed E-state index contributed by atoms with van der Waals surface area (Å²) in [6.07, 6.45) is 1.50. The van der Waals surface area contributed by atoms with Crippen LogP contribution in [0.1, 0.15) is 10.4 Å². The minimum absolute atomic E-state index is 0.172. The van der Waals surface area contributed by atoms with E-state index in [-0.39, 0.29) is 5.56 Å². The number of aromatic nitrogens is 1. The molecule has 0 amide bonds. The number of hydrogen-bond donors (Lipinski definition) is 1. The average molecular weight is 325 g/mol. The fraction of sp³-hybridized carbons (Fsp3) is 0.111. The predicted octanol–water partition coefficient (Wildman–Crippen LogP) is 3.72. The van der Waals surface area contributed by atoms with Gasteiger partial charge in [0.2, 0.25) is 5.89 Å². The third kappa shape index (κ3) is 2.94. The summed E-state index contributed by atoms with van der Waals surface area (Å²) in [4.78, 5) is 15.5. The number of carboxylic acid groups (broad SMARTS) is 1. The number of ether oxygens (including phenoxy) is 2. The summed E-state index contributed by atoms with van der Waals surface area (Å²) in [6.45, 7) is 0. The molecule has 0 unspecified atom stereocenters. The maximum atomic E-state index is 11.1. The molecule has 0 aliphatic heterocycles. The molecule has 0 aliphatic carbocycles. The first-order chi connectivity index (χ1) is 11.6. The first-order valence-electron chi connectivity index (χ1n) is 7.14. The number of hydrogen-bond acceptors (Lipinski definition) is 5. The summed E-state index contributed by atoms with van der Waals surface area (Å²) in [6, 6.07) is 11.8. The molecule has 6 nitrogen and oxygen atoms in total. The molecule has 3 aromatic rings. The molecule has 0 atom stereocenters. The van der Waals surface area contributed by atoms with Crippen LogP contribution >= 0.6 is 0 Å². The minimum Gasteiger partial charge on any atom is -0.497 e. The van der Waals surface area contributed by atoms with Crippen LogP contribution in [0, 0.1) is 0 Å². The molecule has 0 spiro atoms. The Labute approximate surface area is 138 Å². The SMILES string of the molecule is COc1ccc(OC)c(-c2coc(-c3cccc(C(=O)O)c3)n2)c1. The van der Waals surface area contributed by atoms with Crippen molar-refractivity contribution in [3.63, 3.8) is 0 Å². The van der Waals surface area contributed by atoms with E-state index in [1.807, 2.05) is 0 Å². The van der Waals surface area contributed by atoms with Gasteiger partial charge in [-0.15, -0.1) is 0 Å². The van der Waals surface area contributed by atoms with Gasteiger partial charge in [-0.05, 0) is 36.4 Å². The number of methoxy groups -OCH3 is 2. The third-order valence-electron chi connectivity index (χ3n) is 3.54. The Kier molecular flexibility index (Phi) is 4.20. The first kappa shape index (κ1) is 15.6. The van der Waals surface area contributed by atoms with Gasteiger partial charge in [0.15, 0.2) is 0 Å². The highest BCUT2D eigenvalue weighted by molar-refractivity contribution is 5.89. The van der Waals surface area contributed by atoms with Gasteiger partial charge in [0.1, 0.15) is 23.5 Å². The predicted molar refractivity (Wildman–Crippen MR) is 87.4 cm³/mol. The van der Waals surface area contributed by atoms with Crippen LogP contribution in [0.15, 0.2) is 53.1 Å². The second-order valence-corrected chi connectivity index (χ2v) is 4.99. The van der Waals surface area contributed by atoms with Crippen molar-refractivity contribution < 1.29 is 23.8 Å². The van der Waals surface area contributed by atoms with Crippen molar-refractivity contribution >= 4 is 5.97 Å². The van der Waals surface area contributed by atoms with E-state index in [2.05, 4.69) is 4.98 Å². The van der Waals surface area contributed by atoms with Gasteiger partial charge < -0.3 is 19.0 Å². The fourth-order valence-electron chi connectivity index (χ4n) is 2.33. The average Bonchev–Trinajstić information content (AvgIpc) is 3.11. The van der Waals surface area contributed by atoms with E-state index in [9.17, 15) is 4.79 Å². The fourth-order valence-corrected chi connectivity index (χ4v) is 2.33. The smallest absolute Gasteiger partial charge is 0.335 e. The van der Waals surface area contributed by atoms with E-state index in [1.54, 1.807) is 44.6 Å². The van der Waals surface area contributed by atoms with E-state index in [4.69, 9.17) is 19.0 Å². The summed E-state index contributed by atoms with van der Waals surface area (Å²) in [5.74, 6) is 0.634. The summed E-state index contributed by atoms with van der Waals surface area (Å²) in [7, 11) is 3.15. The second kappa shape index (κ2) is 6.45. The van der Waals surface area contributed by atoms with Gasteiger partial charge in [-0.2, -0.15) is 0 Å². The number of nitrogens with zero attached hydrogens (tertiary/aromatic N) is 1. The topological polar surface area (TPSA) is 81.8 Å². The second-order valence-electron chi connectivity index (χ2n) is 4.99. The summed E-state index contributed by atoms with van der Waals surface area (Å²) in [5, 5.41) is 9.08. The lowest BCUT2D eigenvalue weighted by Gasteiger charge is -2.07. The molecule has 0 aliphatic rings. The van der Waals surface area contributed by atoms with Crippen molar-refractivity contribution in [3.8, 4) is 34.2 Å². The van der Waals surface area contributed by atoms with Crippen LogP contribution < -0.4 is 9.47 Å². The highest BCUT2D eigenvalue weighted by Crippen LogP contribution is 2.34. The zero-order chi connectivity index (χ0) is 17.1. The number of benzene rings is 2. The standard InChI is InChI=1S/C18H15NO5/c1-22-13-6-7-16(23-2)14(9-13)15-10-24-17(19-15)11-4-3-5-12(8-11)18(20)21/h3-10H,1-2H3,(H,20,21). The molecule has 0 saturated heterocycles. The molecule has 2 aromatic carbocycles. The Bertz CT molecular complexity index is 885. The molecular formula is C18H15NO5. The van der Waals surface area contributed by atoms with E-state index in [0.29, 0.717) is 28.6 Å². The van der Waals surface area contributed by atoms with Crippen molar-refractivity contribution in [2.45, 2.75) is 0 Å². The zero-order valence-electron chi connectivity index (χ0n) is 13.1. The lowest BCUT2D eigenvalue weighted by molar-refractivity contribution is 0.0697. The molecule has 0 fully saturated rings. The van der Waals surface area contributed by atoms with Crippen molar-refractivity contribution in [1.82, 2.24) is 4.98 Å². The van der Waals surface area contributed by atoms with Crippen LogP contribution in [-0.2, 0) is 0 Å². The molecule has 0 bridgehead atoms. The van der Waals surface area contributed by atoms with Gasteiger partial charge in [-0.3, -0.25) is 0 Å². The largest absolute Gasteiger partial charge is 0.497 e. The zero-order valence-corrected chi connectivity index (χ0v) is 13.1. The Hall–Kier alpha value is -3.28. The van der Waals surface area contributed by atoms with Gasteiger partial charge >= 0.3 is 5.97 Å². The molecule has 1 N–H and O–H groups in total. The van der Waals surface area contributed by atoms with Crippen molar-refractivity contribution in [3.05, 3.63) is 54.3 Å². The molecule has 122 valence electrons. The molecule has 1 heterocycles. The first-order valence-corrected chi connectivity index (χ1v) is 7.14. The van der Waals surface area contributed by atoms with Crippen molar-refractivity contribution in [2.24, 2.45) is 0 Å². The van der Waals surface area contributed by atoms with Gasteiger partial charge in [0.05, 0.1) is 19.8 Å². The van der Waals surface area contributed by atoms with Crippen LogP contribution in [0.5, 0.6) is 11.5 Å². The Morgan fingerprint density at radius 1 is 1.12 bits per heavy atom. The number of aromatic carboxylic acids is 1. The monoisotopic (exact) mass is 325 g/mol. The molecule has 0 radical (unpaired) electrons. The maximum absolute atomic E-state index is 11.1. The van der Waals surface area contributed by atoms with Crippen LogP contribution in [-0.4, -0.2) is 30.3 Å². The number of oxazole rings is 1. The quantitative estimate of drug-likeness (QED) is 0.770. The van der Waals surface area contributed by atoms with Gasteiger partial charge in [-0.25, -0.2) is 9.78 Å². The van der Waals surface area contributed by atoms with Gasteiger partial charge in [0, 0.05) is 11.1 Å². The lowest BCUT2D eigenvalue weighted by Crippen LogP contribution is -1.95. The lowest BCUT2D eigenvalue weighted by atomic mass is 10.1. The number of carboxylic acids is 1. The molecule has 0 saturated carbocycles. The van der Waals surface area contributed by atoms with Crippen molar-refractivity contribution in [2.75, 3.05) is 14.2 Å².